The van der Waals surface area contributed by atoms with Crippen LogP contribution in [0, 0.1) is 0 Å². The van der Waals surface area contributed by atoms with Crippen molar-refractivity contribution in [2.24, 2.45) is 0 Å². The van der Waals surface area contributed by atoms with Crippen molar-refractivity contribution in [2.75, 3.05) is 13.3 Å². The fourth-order valence-corrected chi connectivity index (χ4v) is 1.77. The minimum atomic E-state index is -0.849. The van der Waals surface area contributed by atoms with E-state index in [2.05, 4.69) is 12.1 Å². The molecule has 0 spiro atoms. The maximum absolute atomic E-state index is 11.1. The van der Waals surface area contributed by atoms with Gasteiger partial charge in [0.15, 0.2) is 0 Å². The van der Waals surface area contributed by atoms with E-state index in [4.69, 9.17) is 5.11 Å². The summed E-state index contributed by atoms with van der Waals surface area (Å²) < 4.78 is 0. The van der Waals surface area contributed by atoms with Crippen molar-refractivity contribution < 1.29 is 9.90 Å². The standard InChI is InChI=1S/C13H19NO2S/c1-13(2,12(15)16)14(3)9-10-5-7-11(17-4)8-6-10/h5-8H,9H2,1-4H3,(H,15,16). The number of aliphatic carboxylic acids is 1. The van der Waals surface area contributed by atoms with Crippen LogP contribution in [-0.2, 0) is 11.3 Å². The second-order valence-corrected chi connectivity index (χ2v) is 5.45. The van der Waals surface area contributed by atoms with Gasteiger partial charge >= 0.3 is 5.97 Å². The molecule has 0 aliphatic heterocycles. The minimum absolute atomic E-state index is 0.633. The highest BCUT2D eigenvalue weighted by Crippen LogP contribution is 2.19. The van der Waals surface area contributed by atoms with Gasteiger partial charge in [-0.2, -0.15) is 0 Å². The van der Waals surface area contributed by atoms with Crippen LogP contribution in [0.2, 0.25) is 0 Å². The van der Waals surface area contributed by atoms with Gasteiger partial charge in [-0.25, -0.2) is 0 Å². The molecule has 1 aromatic carbocycles. The molecule has 0 aromatic heterocycles. The molecule has 0 fully saturated rings. The maximum atomic E-state index is 11.1. The molecular formula is C13H19NO2S. The second kappa shape index (κ2) is 5.56. The molecule has 1 rings (SSSR count). The average molecular weight is 253 g/mol. The monoisotopic (exact) mass is 253 g/mol. The van der Waals surface area contributed by atoms with Crippen LogP contribution in [0.15, 0.2) is 29.2 Å². The molecular weight excluding hydrogens is 234 g/mol. The molecule has 17 heavy (non-hydrogen) atoms. The summed E-state index contributed by atoms with van der Waals surface area (Å²) in [5.41, 5.74) is 0.276. The highest BCUT2D eigenvalue weighted by atomic mass is 32.2. The zero-order chi connectivity index (χ0) is 13.1. The van der Waals surface area contributed by atoms with E-state index >= 15 is 0 Å². The van der Waals surface area contributed by atoms with Crippen LogP contribution in [-0.4, -0.2) is 34.8 Å². The molecule has 1 aromatic rings. The van der Waals surface area contributed by atoms with Gasteiger partial charge < -0.3 is 5.11 Å². The largest absolute Gasteiger partial charge is 0.480 e. The molecule has 94 valence electrons. The number of hydrogen-bond donors (Lipinski definition) is 1. The third-order valence-electron chi connectivity index (χ3n) is 3.06. The molecule has 4 heteroatoms. The van der Waals surface area contributed by atoms with Gasteiger partial charge in [0, 0.05) is 11.4 Å². The first-order valence-electron chi connectivity index (χ1n) is 5.45. The zero-order valence-electron chi connectivity index (χ0n) is 10.7. The van der Waals surface area contributed by atoms with Crippen molar-refractivity contribution in [2.45, 2.75) is 30.8 Å². The summed E-state index contributed by atoms with van der Waals surface area (Å²) in [6.07, 6.45) is 2.04. The van der Waals surface area contributed by atoms with Crippen LogP contribution in [0.1, 0.15) is 19.4 Å². The van der Waals surface area contributed by atoms with Crippen LogP contribution in [0.4, 0.5) is 0 Å². The van der Waals surface area contributed by atoms with Gasteiger partial charge in [0.25, 0.3) is 0 Å². The molecule has 0 aliphatic rings. The molecule has 0 amide bonds. The number of rotatable bonds is 5. The van der Waals surface area contributed by atoms with Crippen molar-refractivity contribution in [3.63, 3.8) is 0 Å². The van der Waals surface area contributed by atoms with E-state index in [0.29, 0.717) is 6.54 Å². The van der Waals surface area contributed by atoms with Crippen molar-refractivity contribution in [3.05, 3.63) is 29.8 Å². The Labute approximate surface area is 107 Å². The molecule has 0 atom stereocenters. The van der Waals surface area contributed by atoms with Gasteiger partial charge in [-0.3, -0.25) is 9.69 Å². The summed E-state index contributed by atoms with van der Waals surface area (Å²) in [4.78, 5) is 14.2. The molecule has 0 bridgehead atoms. The number of carbonyl (C=O) groups is 1. The van der Waals surface area contributed by atoms with Crippen LogP contribution < -0.4 is 0 Å². The lowest BCUT2D eigenvalue weighted by Crippen LogP contribution is -2.47. The lowest BCUT2D eigenvalue weighted by atomic mass is 10.0. The first-order valence-corrected chi connectivity index (χ1v) is 6.68. The summed E-state index contributed by atoms with van der Waals surface area (Å²) >= 11 is 1.70. The fraction of sp³-hybridized carbons (Fsp3) is 0.462. The van der Waals surface area contributed by atoms with Crippen molar-refractivity contribution in [3.8, 4) is 0 Å². The smallest absolute Gasteiger partial charge is 0.323 e. The zero-order valence-corrected chi connectivity index (χ0v) is 11.5. The molecule has 0 radical (unpaired) electrons. The Morgan fingerprint density at radius 1 is 1.35 bits per heavy atom. The third kappa shape index (κ3) is 3.48. The Hall–Kier alpha value is -1.00. The molecule has 1 N–H and O–H groups in total. The van der Waals surface area contributed by atoms with Gasteiger partial charge in [0.1, 0.15) is 5.54 Å². The van der Waals surface area contributed by atoms with Gasteiger partial charge in [-0.05, 0) is 44.8 Å². The first kappa shape index (κ1) is 14.1. The molecule has 3 nitrogen and oxygen atoms in total. The molecule has 0 heterocycles. The summed E-state index contributed by atoms with van der Waals surface area (Å²) in [7, 11) is 1.83. The van der Waals surface area contributed by atoms with E-state index in [1.165, 1.54) is 4.90 Å². The van der Waals surface area contributed by atoms with E-state index in [-0.39, 0.29) is 0 Å². The average Bonchev–Trinajstić information content (AvgIpc) is 2.29. The Balaban J connectivity index is 2.74. The van der Waals surface area contributed by atoms with E-state index in [9.17, 15) is 4.79 Å². The van der Waals surface area contributed by atoms with Gasteiger partial charge in [-0.15, -0.1) is 11.8 Å². The number of hydrogen-bond acceptors (Lipinski definition) is 3. The Kier molecular flexibility index (Phi) is 4.60. The number of thioether (sulfide) groups is 1. The summed E-state index contributed by atoms with van der Waals surface area (Å²) in [6.45, 7) is 4.06. The summed E-state index contributed by atoms with van der Waals surface area (Å²) in [5, 5.41) is 9.13. The van der Waals surface area contributed by atoms with E-state index in [1.807, 2.05) is 30.3 Å². The van der Waals surface area contributed by atoms with E-state index < -0.39 is 11.5 Å². The van der Waals surface area contributed by atoms with Crippen LogP contribution in [0.5, 0.6) is 0 Å². The summed E-state index contributed by atoms with van der Waals surface area (Å²) in [5.74, 6) is -0.805. The molecule has 0 saturated carbocycles. The Morgan fingerprint density at radius 3 is 2.29 bits per heavy atom. The van der Waals surface area contributed by atoms with Gasteiger partial charge in [0.2, 0.25) is 0 Å². The normalized spacial score (nSPS) is 11.8. The Morgan fingerprint density at radius 2 is 1.88 bits per heavy atom. The number of likely N-dealkylation sites (N-methyl/N-ethyl adjacent to an activating group) is 1. The SMILES string of the molecule is CSc1ccc(CN(C)C(C)(C)C(=O)O)cc1. The lowest BCUT2D eigenvalue weighted by molar-refractivity contribution is -0.148. The van der Waals surface area contributed by atoms with E-state index in [1.54, 1.807) is 25.6 Å². The molecule has 0 saturated heterocycles. The van der Waals surface area contributed by atoms with Crippen LogP contribution in [0.3, 0.4) is 0 Å². The Bertz CT molecular complexity index is 387. The maximum Gasteiger partial charge on any atom is 0.323 e. The van der Waals surface area contributed by atoms with Crippen molar-refractivity contribution >= 4 is 17.7 Å². The highest BCUT2D eigenvalue weighted by molar-refractivity contribution is 7.98. The number of carboxylic acid groups (broad SMARTS) is 1. The predicted molar refractivity (Wildman–Crippen MR) is 71.4 cm³/mol. The highest BCUT2D eigenvalue weighted by Gasteiger charge is 2.31. The van der Waals surface area contributed by atoms with Crippen LogP contribution >= 0.6 is 11.8 Å². The fourth-order valence-electron chi connectivity index (χ4n) is 1.37. The van der Waals surface area contributed by atoms with Crippen LogP contribution in [0.25, 0.3) is 0 Å². The molecule has 0 aliphatic carbocycles. The lowest BCUT2D eigenvalue weighted by Gasteiger charge is -2.31. The quantitative estimate of drug-likeness (QED) is 0.819. The van der Waals surface area contributed by atoms with Gasteiger partial charge in [0.05, 0.1) is 0 Å². The van der Waals surface area contributed by atoms with Gasteiger partial charge in [-0.1, -0.05) is 12.1 Å². The van der Waals surface area contributed by atoms with E-state index in [0.717, 1.165) is 5.56 Å². The summed E-state index contributed by atoms with van der Waals surface area (Å²) in [6, 6.07) is 8.20. The van der Waals surface area contributed by atoms with Crippen molar-refractivity contribution in [1.82, 2.24) is 4.90 Å². The first-order chi connectivity index (χ1) is 7.87. The van der Waals surface area contributed by atoms with Crippen molar-refractivity contribution in [1.29, 1.82) is 0 Å². The number of benzene rings is 1. The number of carboxylic acids is 1. The molecule has 0 unspecified atom stereocenters. The number of nitrogens with zero attached hydrogens (tertiary/aromatic N) is 1. The topological polar surface area (TPSA) is 40.5 Å². The minimum Gasteiger partial charge on any atom is -0.480 e. The second-order valence-electron chi connectivity index (χ2n) is 4.57. The predicted octanol–water partition coefficient (Wildman–Crippen LogP) is 2.70. The third-order valence-corrected chi connectivity index (χ3v) is 3.80.